The van der Waals surface area contributed by atoms with Gasteiger partial charge < -0.3 is 61.0 Å². The predicted octanol–water partition coefficient (Wildman–Crippen LogP) is -5.21. The normalized spacial score (nSPS) is 30.7. The standard InChI is InChI=1S/C22H34BN10O17P3/c1-30-5-32(15-9(30)17(38)28-21(24)26-15)19-13(36)11(34)7(47-19)3-45-52(41,42)49-51(23,40)50-53(43,44)46-4-8-12(35)14(37)20(48-8)33-6-31(2)10-16(33)27-22(25)29-18(10)39/h5,7-8,11-14,19-20,34-37H,3-4,6,23H2,1-2H3,(H7-,24,25,26,27,28,29,38,39,41,42,43,44)/p+1/t7-,8-,11-,12-,13-,14-,19-,20-,51?/m1/s1. The molecule has 292 valence electrons. The van der Waals surface area contributed by atoms with Crippen LogP contribution < -0.4 is 37.0 Å². The Bertz CT molecular complexity index is 2170. The van der Waals surface area contributed by atoms with Gasteiger partial charge in [0.1, 0.15) is 42.3 Å². The molecule has 0 radical (unpaired) electrons. The Morgan fingerprint density at radius 3 is 2.00 bits per heavy atom. The Balaban J connectivity index is 1.04. The third-order valence-electron chi connectivity index (χ3n) is 8.27. The quantitative estimate of drug-likeness (QED) is 0.0464. The zero-order valence-corrected chi connectivity index (χ0v) is 30.4. The van der Waals surface area contributed by atoms with Gasteiger partial charge in [-0.15, -0.1) is 0 Å². The molecule has 6 rings (SSSR count). The summed E-state index contributed by atoms with van der Waals surface area (Å²) in [6.07, 6.45) is -11.3. The molecule has 3 aromatic heterocycles. The SMILES string of the molecule is BP(=O)(OP(=O)(O)OC[C@H]1O[C@@H](N2CN(C)c3c2nc(N)[nH]c3=O)[C@H](O)[C@@H]1O)OP(=O)(O)OC[C@H]1O[C@@H](n2c[n+](C)c3c(=O)[nH]c(N)nc32)[C@H](O)[C@@H]1O. The van der Waals surface area contributed by atoms with Gasteiger partial charge in [-0.25, -0.2) is 22.3 Å². The monoisotopic (exact) mass is 815 g/mol. The largest absolute Gasteiger partial charge is 0.478 e. The number of aliphatic hydroxyl groups is 4. The molecule has 53 heavy (non-hydrogen) atoms. The minimum atomic E-state index is -5.44. The molecule has 0 saturated carbocycles. The second-order valence-electron chi connectivity index (χ2n) is 12.2. The first-order chi connectivity index (χ1) is 24.6. The number of rotatable bonds is 12. The number of aromatic nitrogens is 6. The smallest absolute Gasteiger partial charge is 0.387 e. The van der Waals surface area contributed by atoms with Gasteiger partial charge in [0.25, 0.3) is 31.8 Å². The molecule has 0 spiro atoms. The molecule has 27 nitrogen and oxygen atoms in total. The van der Waals surface area contributed by atoms with Gasteiger partial charge in [-0.1, -0.05) is 0 Å². The summed E-state index contributed by atoms with van der Waals surface area (Å²) in [5.74, 6) is -0.464. The van der Waals surface area contributed by atoms with Crippen LogP contribution in [-0.2, 0) is 47.9 Å². The van der Waals surface area contributed by atoms with Gasteiger partial charge in [0.15, 0.2) is 12.0 Å². The number of nitrogens with zero attached hydrogens (tertiary/aromatic N) is 6. The Hall–Kier alpha value is -3.30. The van der Waals surface area contributed by atoms with Crippen molar-refractivity contribution >= 4 is 65.3 Å². The Labute approximate surface area is 296 Å². The number of ether oxygens (including phenoxy) is 2. The Morgan fingerprint density at radius 2 is 1.42 bits per heavy atom. The molecule has 0 aliphatic carbocycles. The van der Waals surface area contributed by atoms with Crippen molar-refractivity contribution in [2.45, 2.75) is 49.1 Å². The van der Waals surface area contributed by atoms with E-state index >= 15 is 0 Å². The highest BCUT2D eigenvalue weighted by Gasteiger charge is 2.51. The zero-order chi connectivity index (χ0) is 38.9. The summed E-state index contributed by atoms with van der Waals surface area (Å²) < 4.78 is 70.6. The van der Waals surface area contributed by atoms with Crippen LogP contribution in [0.4, 0.5) is 23.4 Å². The lowest BCUT2D eigenvalue weighted by Gasteiger charge is -2.27. The van der Waals surface area contributed by atoms with Gasteiger partial charge in [-0.3, -0.25) is 33.2 Å². The molecule has 11 atom stereocenters. The van der Waals surface area contributed by atoms with E-state index in [9.17, 15) is 53.5 Å². The van der Waals surface area contributed by atoms with Crippen molar-refractivity contribution in [3.63, 3.8) is 0 Å². The van der Waals surface area contributed by atoms with Gasteiger partial charge in [0.05, 0.1) is 26.9 Å². The van der Waals surface area contributed by atoms with Crippen molar-refractivity contribution in [1.29, 1.82) is 0 Å². The summed E-state index contributed by atoms with van der Waals surface area (Å²) in [5, 5.41) is 42.5. The number of nitrogen functional groups attached to an aromatic ring is 2. The number of phosphoric ester groups is 2. The number of hydrogen-bond donors (Lipinski definition) is 10. The number of H-pyrrole nitrogens is 2. The fraction of sp³-hybridized carbons (Fsp3) is 0.591. The van der Waals surface area contributed by atoms with E-state index in [1.54, 1.807) is 7.05 Å². The summed E-state index contributed by atoms with van der Waals surface area (Å²) in [7, 11) is -12.3. The first-order valence-corrected chi connectivity index (χ1v) is 20.2. The number of nitrogens with two attached hydrogens (primary N) is 2. The Kier molecular flexibility index (Phi) is 10.5. The van der Waals surface area contributed by atoms with E-state index in [0.717, 1.165) is 0 Å². The maximum atomic E-state index is 12.9. The second kappa shape index (κ2) is 14.1. The number of aryl methyl sites for hydroxylation is 1. The van der Waals surface area contributed by atoms with Crippen LogP contribution in [0.1, 0.15) is 6.23 Å². The summed E-state index contributed by atoms with van der Waals surface area (Å²) in [6, 6.07) is 0. The Morgan fingerprint density at radius 1 is 0.906 bits per heavy atom. The van der Waals surface area contributed by atoms with E-state index in [1.165, 1.54) is 32.3 Å². The van der Waals surface area contributed by atoms with Crippen molar-refractivity contribution in [3.05, 3.63) is 27.0 Å². The first kappa shape index (κ1) is 39.4. The minimum Gasteiger partial charge on any atom is -0.387 e. The van der Waals surface area contributed by atoms with E-state index in [0.29, 0.717) is 7.57 Å². The molecule has 6 heterocycles. The van der Waals surface area contributed by atoms with E-state index in [1.807, 2.05) is 0 Å². The lowest BCUT2D eigenvalue weighted by atomic mass is 10.1. The van der Waals surface area contributed by atoms with E-state index in [-0.39, 0.29) is 41.2 Å². The van der Waals surface area contributed by atoms with Crippen molar-refractivity contribution in [2.75, 3.05) is 48.2 Å². The van der Waals surface area contributed by atoms with E-state index < -0.39 is 96.5 Å². The van der Waals surface area contributed by atoms with Gasteiger partial charge in [-0.2, -0.15) is 14.5 Å². The predicted molar refractivity (Wildman–Crippen MR) is 177 cm³/mol. The van der Waals surface area contributed by atoms with E-state index in [2.05, 4.69) is 28.6 Å². The number of hydrogen-bond acceptors (Lipinski definition) is 21. The van der Waals surface area contributed by atoms with Gasteiger partial charge in [0.2, 0.25) is 24.5 Å². The lowest BCUT2D eigenvalue weighted by molar-refractivity contribution is -0.646. The summed E-state index contributed by atoms with van der Waals surface area (Å²) in [4.78, 5) is 60.7. The fourth-order valence-electron chi connectivity index (χ4n) is 6.03. The van der Waals surface area contributed by atoms with E-state index in [4.69, 9.17) is 30.0 Å². The number of fused-ring (bicyclic) bond motifs is 2. The molecule has 0 aromatic carbocycles. The number of anilines is 4. The van der Waals surface area contributed by atoms with Gasteiger partial charge in [0, 0.05) is 7.05 Å². The highest BCUT2D eigenvalue weighted by atomic mass is 31.3. The topological polar surface area (TPSA) is 387 Å². The molecule has 0 amide bonds. The van der Waals surface area contributed by atoms with Gasteiger partial charge >= 0.3 is 21.2 Å². The molecule has 31 heteroatoms. The van der Waals surface area contributed by atoms with Crippen LogP contribution in [0.3, 0.4) is 0 Å². The first-order valence-electron chi connectivity index (χ1n) is 15.2. The number of aromatic amines is 2. The fourth-order valence-corrected chi connectivity index (χ4v) is 10.5. The molecular weight excluding hydrogens is 780 g/mol. The summed E-state index contributed by atoms with van der Waals surface area (Å²) in [6.45, 7) is -1.96. The van der Waals surface area contributed by atoms with Crippen molar-refractivity contribution in [1.82, 2.24) is 24.5 Å². The molecule has 12 N–H and O–H groups in total. The second-order valence-corrected chi connectivity index (χ2v) is 17.5. The van der Waals surface area contributed by atoms with Crippen LogP contribution >= 0.6 is 23.1 Å². The maximum Gasteiger partial charge on any atom is 0.478 e. The number of aliphatic hydroxyl groups excluding tert-OH is 4. The summed E-state index contributed by atoms with van der Waals surface area (Å²) >= 11 is 0. The van der Waals surface area contributed by atoms with Crippen LogP contribution in [0.25, 0.3) is 11.2 Å². The van der Waals surface area contributed by atoms with Crippen molar-refractivity contribution in [3.8, 4) is 0 Å². The number of nitrogens with one attached hydrogen (secondary N) is 2. The lowest BCUT2D eigenvalue weighted by Crippen LogP contribution is -2.45. The van der Waals surface area contributed by atoms with Crippen LogP contribution in [0, 0.1) is 0 Å². The number of imidazole rings is 1. The van der Waals surface area contributed by atoms with Crippen LogP contribution in [0.15, 0.2) is 15.9 Å². The van der Waals surface area contributed by atoms with Crippen LogP contribution in [-0.4, -0.2) is 132 Å². The molecule has 2 saturated heterocycles. The number of phosphoric acid groups is 2. The third-order valence-corrected chi connectivity index (χ3v) is 13.2. The van der Waals surface area contributed by atoms with Crippen LogP contribution in [0.5, 0.6) is 0 Å². The highest BCUT2D eigenvalue weighted by Crippen LogP contribution is 2.67. The zero-order valence-electron chi connectivity index (χ0n) is 27.7. The minimum absolute atomic E-state index is 0.0249. The van der Waals surface area contributed by atoms with Crippen molar-refractivity contribution in [2.24, 2.45) is 7.05 Å². The molecule has 3 aliphatic rings. The molecule has 3 unspecified atom stereocenters. The molecule has 0 bridgehead atoms. The molecule has 3 aliphatic heterocycles. The maximum absolute atomic E-state index is 12.9. The molecule has 2 fully saturated rings. The van der Waals surface area contributed by atoms with Crippen LogP contribution in [0.2, 0.25) is 0 Å². The van der Waals surface area contributed by atoms with Gasteiger partial charge in [-0.05, 0) is 0 Å². The third kappa shape index (κ3) is 7.80. The molecular formula is C22H35BN10O17P3+. The average Bonchev–Trinajstić information content (AvgIpc) is 3.71. The highest BCUT2D eigenvalue weighted by molar-refractivity contribution is 7.86. The van der Waals surface area contributed by atoms with Crippen molar-refractivity contribution < 1.29 is 75.6 Å². The average molecular weight is 815 g/mol. The summed E-state index contributed by atoms with van der Waals surface area (Å²) in [5.41, 5.74) is 10.2. The molecule has 3 aromatic rings.